The van der Waals surface area contributed by atoms with E-state index in [1.165, 1.54) is 22.5 Å². The van der Waals surface area contributed by atoms with E-state index in [-0.39, 0.29) is 5.84 Å². The molecule has 0 saturated heterocycles. The van der Waals surface area contributed by atoms with Crippen LogP contribution in [-0.2, 0) is 0 Å². The summed E-state index contributed by atoms with van der Waals surface area (Å²) >= 11 is 0. The number of hydrogen-bond donors (Lipinski definition) is 0. The third-order valence-corrected chi connectivity index (χ3v) is 3.99. The van der Waals surface area contributed by atoms with Crippen molar-refractivity contribution in [3.8, 4) is 0 Å². The van der Waals surface area contributed by atoms with Gasteiger partial charge in [0.05, 0.1) is 24.9 Å². The van der Waals surface area contributed by atoms with Gasteiger partial charge in [-0.05, 0) is 25.0 Å². The molecule has 7 nitrogen and oxygen atoms in total. The first kappa shape index (κ1) is 34.3. The lowest BCUT2D eigenvalue weighted by Gasteiger charge is -2.29. The highest BCUT2D eigenvalue weighted by atomic mass is 19.3. The van der Waals surface area contributed by atoms with Crippen molar-refractivity contribution in [2.24, 2.45) is 20.1 Å². The zero-order valence-corrected chi connectivity index (χ0v) is 22.6. The van der Waals surface area contributed by atoms with E-state index >= 15 is 0 Å². The van der Waals surface area contributed by atoms with Crippen LogP contribution in [0.15, 0.2) is 55.9 Å². The fourth-order valence-corrected chi connectivity index (χ4v) is 2.73. The number of hydrazone groups is 1. The molecule has 10 heteroatoms. The third kappa shape index (κ3) is 15.6. The van der Waals surface area contributed by atoms with Crippen molar-refractivity contribution >= 4 is 24.7 Å². The van der Waals surface area contributed by atoms with E-state index < -0.39 is 13.1 Å². The van der Waals surface area contributed by atoms with Gasteiger partial charge >= 0.3 is 0 Å². The van der Waals surface area contributed by atoms with E-state index in [4.69, 9.17) is 0 Å². The Morgan fingerprint density at radius 1 is 1.20 bits per heavy atom. The fourth-order valence-electron chi connectivity index (χ4n) is 2.73. The maximum absolute atomic E-state index is 13.3. The van der Waals surface area contributed by atoms with Crippen LogP contribution < -0.4 is 0 Å². The van der Waals surface area contributed by atoms with E-state index in [2.05, 4.69) is 27.0 Å². The Labute approximate surface area is 210 Å². The molecule has 2 aliphatic rings. The molecule has 0 aliphatic carbocycles. The van der Waals surface area contributed by atoms with Crippen LogP contribution in [0.1, 0.15) is 54.4 Å². The molecular formula is C25H44F3N7. The van der Waals surface area contributed by atoms with Crippen molar-refractivity contribution in [1.29, 1.82) is 0 Å². The van der Waals surface area contributed by atoms with Crippen molar-refractivity contribution in [3.63, 3.8) is 0 Å². The summed E-state index contributed by atoms with van der Waals surface area (Å²) < 4.78 is 37.8. The molecule has 0 radical (unpaired) electrons. The van der Waals surface area contributed by atoms with E-state index in [0.29, 0.717) is 13.1 Å². The molecule has 0 saturated carbocycles. The molecule has 200 valence electrons. The first-order valence-corrected chi connectivity index (χ1v) is 12.1. The summed E-state index contributed by atoms with van der Waals surface area (Å²) in [5.74, 6) is -0.279. The van der Waals surface area contributed by atoms with Gasteiger partial charge in [0.25, 0.3) is 6.43 Å². The summed E-state index contributed by atoms with van der Waals surface area (Å²) in [7, 11) is 3.25. The van der Waals surface area contributed by atoms with Crippen LogP contribution in [0.4, 0.5) is 13.2 Å². The van der Waals surface area contributed by atoms with Gasteiger partial charge in [0.2, 0.25) is 0 Å². The Morgan fingerprint density at radius 2 is 1.89 bits per heavy atom. The summed E-state index contributed by atoms with van der Waals surface area (Å²) in [6.45, 7) is 13.2. The molecule has 2 heterocycles. The molecule has 2 aliphatic heterocycles. The minimum absolute atomic E-state index is 0.279. The number of allylic oxidation sites excluding steroid dienone is 1. The molecular weight excluding hydrogens is 455 g/mol. The molecule has 0 atom stereocenters. The Morgan fingerprint density at radius 3 is 2.37 bits per heavy atom. The lowest BCUT2D eigenvalue weighted by Crippen LogP contribution is -2.40. The van der Waals surface area contributed by atoms with Gasteiger partial charge in [-0.1, -0.05) is 47.1 Å². The largest absolute Gasteiger partial charge is 0.353 e. The average Bonchev–Trinajstić information content (AvgIpc) is 2.87. The molecule has 0 bridgehead atoms. The average molecular weight is 500 g/mol. The topological polar surface area (TPSA) is 59.2 Å². The third-order valence-electron chi connectivity index (χ3n) is 3.99. The summed E-state index contributed by atoms with van der Waals surface area (Å²) in [4.78, 5) is 15.5. The normalized spacial score (nSPS) is 15.1. The van der Waals surface area contributed by atoms with Gasteiger partial charge in [-0.2, -0.15) is 5.10 Å². The number of rotatable bonds is 8. The Kier molecular flexibility index (Phi) is 22.4. The van der Waals surface area contributed by atoms with Crippen LogP contribution in [-0.4, -0.2) is 86.4 Å². The zero-order chi connectivity index (χ0) is 27.1. The number of alkyl halides is 3. The number of amidine groups is 1. The number of halogens is 3. The number of hydrogen-bond acceptors (Lipinski definition) is 6. The monoisotopic (exact) mass is 499 g/mol. The van der Waals surface area contributed by atoms with Gasteiger partial charge in [0.1, 0.15) is 6.67 Å². The highest BCUT2D eigenvalue weighted by molar-refractivity contribution is 5.95. The van der Waals surface area contributed by atoms with Gasteiger partial charge in [-0.25, -0.2) is 23.2 Å². The van der Waals surface area contributed by atoms with Crippen molar-refractivity contribution in [1.82, 2.24) is 14.8 Å². The van der Waals surface area contributed by atoms with Crippen molar-refractivity contribution < 1.29 is 13.2 Å². The SMILES string of the molecule is C/C=C\N=CCF.CC.CC.CCCC1=C(CN2C=NC=CC2)N=CN(/C(=N\N(C)C)C(F)F)C1. The van der Waals surface area contributed by atoms with Gasteiger partial charge in [0.15, 0.2) is 5.84 Å². The molecule has 2 rings (SSSR count). The first-order chi connectivity index (χ1) is 16.9. The summed E-state index contributed by atoms with van der Waals surface area (Å²) in [6, 6.07) is 0. The van der Waals surface area contributed by atoms with E-state index in [9.17, 15) is 13.2 Å². The van der Waals surface area contributed by atoms with Crippen molar-refractivity contribution in [3.05, 3.63) is 35.8 Å². The molecule has 0 aromatic rings. The van der Waals surface area contributed by atoms with Gasteiger partial charge in [-0.15, -0.1) is 0 Å². The second-order valence-electron chi connectivity index (χ2n) is 6.83. The van der Waals surface area contributed by atoms with Crippen molar-refractivity contribution in [2.45, 2.75) is 60.8 Å². The van der Waals surface area contributed by atoms with Gasteiger partial charge in [-0.3, -0.25) is 4.99 Å². The Balaban J connectivity index is 0. The Hall–Kier alpha value is -2.91. The minimum atomic E-state index is -2.65. The molecule has 0 unspecified atom stereocenters. The van der Waals surface area contributed by atoms with E-state index in [0.717, 1.165) is 30.7 Å². The molecule has 35 heavy (non-hydrogen) atoms. The summed E-state index contributed by atoms with van der Waals surface area (Å²) in [6.07, 6.45) is 10.6. The lowest BCUT2D eigenvalue weighted by molar-refractivity contribution is 0.207. The molecule has 0 N–H and O–H groups in total. The molecule has 0 fully saturated rings. The fraction of sp³-hybridized carbons (Fsp3) is 0.600. The van der Waals surface area contributed by atoms with E-state index in [1.807, 2.05) is 45.6 Å². The second kappa shape index (κ2) is 22.9. The van der Waals surface area contributed by atoms with Crippen LogP contribution in [0.3, 0.4) is 0 Å². The van der Waals surface area contributed by atoms with Crippen LogP contribution in [0.2, 0.25) is 0 Å². The highest BCUT2D eigenvalue weighted by Gasteiger charge is 2.25. The second-order valence-corrected chi connectivity index (χ2v) is 6.83. The lowest BCUT2D eigenvalue weighted by atomic mass is 10.1. The van der Waals surface area contributed by atoms with Crippen molar-refractivity contribution in [2.75, 3.05) is 40.4 Å². The van der Waals surface area contributed by atoms with Gasteiger partial charge in [0, 0.05) is 45.8 Å². The predicted octanol–water partition coefficient (Wildman–Crippen LogP) is 6.00. The minimum Gasteiger partial charge on any atom is -0.353 e. The molecule has 0 aromatic heterocycles. The molecule has 0 amide bonds. The summed E-state index contributed by atoms with van der Waals surface area (Å²) in [5.41, 5.74) is 1.99. The molecule has 0 spiro atoms. The smallest absolute Gasteiger partial charge is 0.297 e. The predicted molar refractivity (Wildman–Crippen MR) is 145 cm³/mol. The van der Waals surface area contributed by atoms with Crippen LogP contribution >= 0.6 is 0 Å². The van der Waals surface area contributed by atoms with E-state index in [1.54, 1.807) is 38.9 Å². The Bertz CT molecular complexity index is 739. The zero-order valence-electron chi connectivity index (χ0n) is 22.6. The van der Waals surface area contributed by atoms with Crippen LogP contribution in [0.5, 0.6) is 0 Å². The van der Waals surface area contributed by atoms with Crippen LogP contribution in [0.25, 0.3) is 0 Å². The maximum Gasteiger partial charge on any atom is 0.297 e. The van der Waals surface area contributed by atoms with Gasteiger partial charge < -0.3 is 14.8 Å². The first-order valence-electron chi connectivity index (χ1n) is 12.1. The number of aliphatic imine (C=N–C) groups is 3. The molecule has 0 aromatic carbocycles. The standard InChI is InChI=1S/C16H24F2N6.C5H8FN.2C2H6/c1-4-6-13-9-24(16(15(17)18)21-22(2)3)12-20-14(13)10-23-8-5-7-19-11-23;1-2-4-7-5-3-6;2*1-2/h5,7,11-12,15H,4,6,8-10H2,1-3H3;2,4-5H,3H2,1H3;2*1-2H3/b21-16-;4-2-,7-5?;;. The quantitative estimate of drug-likeness (QED) is 0.234. The van der Waals surface area contributed by atoms with Crippen LogP contribution in [0, 0.1) is 0 Å². The summed E-state index contributed by atoms with van der Waals surface area (Å²) in [5, 5.41) is 5.29. The highest BCUT2D eigenvalue weighted by Crippen LogP contribution is 2.20. The number of nitrogens with zero attached hydrogens (tertiary/aromatic N) is 7. The maximum atomic E-state index is 13.3.